The maximum Gasteiger partial charge on any atom is 0.673 e. The highest BCUT2D eigenvalue weighted by molar-refractivity contribution is 6.50. The molecule has 1 aromatic rings. The van der Waals surface area contributed by atoms with Crippen LogP contribution in [0, 0.1) is 0 Å². The number of aryl methyl sites for hydroxylation is 1. The van der Waals surface area contributed by atoms with E-state index in [9.17, 15) is 17.3 Å². The Labute approximate surface area is 85.2 Å². The van der Waals surface area contributed by atoms with E-state index in [2.05, 4.69) is 4.98 Å². The van der Waals surface area contributed by atoms with E-state index < -0.39 is 7.25 Å². The number of imidazole rings is 1. The van der Waals surface area contributed by atoms with E-state index >= 15 is 0 Å². The van der Waals surface area contributed by atoms with Gasteiger partial charge in [-0.05, 0) is 6.92 Å². The van der Waals surface area contributed by atoms with Gasteiger partial charge in [-0.2, -0.15) is 0 Å². The number of methoxy groups -OCH3 is 1. The van der Waals surface area contributed by atoms with E-state index in [0.29, 0.717) is 0 Å². The van der Waals surface area contributed by atoms with Gasteiger partial charge >= 0.3 is 7.25 Å². The van der Waals surface area contributed by atoms with Crippen molar-refractivity contribution in [3.63, 3.8) is 0 Å². The lowest BCUT2D eigenvalue weighted by Crippen LogP contribution is -2.32. The van der Waals surface area contributed by atoms with Crippen LogP contribution in [0.25, 0.3) is 0 Å². The molecule has 0 aromatic carbocycles. The second-order valence-corrected chi connectivity index (χ2v) is 2.83. The maximum atomic E-state index is 9.75. The first kappa shape index (κ1) is 14.0. The molecule has 15 heavy (non-hydrogen) atoms. The predicted octanol–water partition coefficient (Wildman–Crippen LogP) is 1.85. The fraction of sp³-hybridized carbons (Fsp3) is 0.571. The van der Waals surface area contributed by atoms with Crippen molar-refractivity contribution in [3.8, 4) is 0 Å². The zero-order valence-corrected chi connectivity index (χ0v) is 8.68. The van der Waals surface area contributed by atoms with Crippen molar-refractivity contribution < 1.29 is 26.6 Å². The molecular formula is C7H13BF4N2O. The average Bonchev–Trinajstić information content (AvgIpc) is 2.47. The fourth-order valence-electron chi connectivity index (χ4n) is 0.932. The molecule has 1 unspecified atom stereocenters. The van der Waals surface area contributed by atoms with Crippen molar-refractivity contribution in [3.05, 3.63) is 18.2 Å². The lowest BCUT2D eigenvalue weighted by molar-refractivity contribution is -0.681. The van der Waals surface area contributed by atoms with Gasteiger partial charge in [0.15, 0.2) is 6.10 Å². The van der Waals surface area contributed by atoms with Crippen molar-refractivity contribution in [1.82, 2.24) is 4.98 Å². The second-order valence-electron chi connectivity index (χ2n) is 2.83. The molecule has 88 valence electrons. The number of nitrogens with zero attached hydrogens (tertiary/aromatic N) is 1. The molecule has 0 saturated carbocycles. The molecule has 0 radical (unpaired) electrons. The first-order valence-electron chi connectivity index (χ1n) is 4.18. The number of ether oxygens (including phenoxy) is 1. The summed E-state index contributed by atoms with van der Waals surface area (Å²) >= 11 is 0. The monoisotopic (exact) mass is 228 g/mol. The van der Waals surface area contributed by atoms with Crippen LogP contribution in [0.1, 0.15) is 18.9 Å². The summed E-state index contributed by atoms with van der Waals surface area (Å²) in [5, 5.41) is 0. The molecule has 0 fully saturated rings. The average molecular weight is 228 g/mol. The second kappa shape index (κ2) is 5.74. The van der Waals surface area contributed by atoms with Gasteiger partial charge < -0.3 is 22.0 Å². The molecule has 0 amide bonds. The summed E-state index contributed by atoms with van der Waals surface area (Å²) in [6, 6.07) is 0. The number of hydrogen-bond acceptors (Lipinski definition) is 1. The standard InChI is InChI=1S/C7H12N2O.BF4/c1-6(10-3)7-8-4-5-9(7)2;2-1(3,4)5/h4-6H,1-3H3;/q;-1/p+1. The topological polar surface area (TPSA) is 28.9 Å². The van der Waals surface area contributed by atoms with Gasteiger partial charge in [0.05, 0.1) is 7.05 Å². The molecule has 0 spiro atoms. The van der Waals surface area contributed by atoms with Crippen LogP contribution in [0.5, 0.6) is 0 Å². The van der Waals surface area contributed by atoms with Crippen molar-refractivity contribution >= 4 is 7.25 Å². The highest BCUT2D eigenvalue weighted by atomic mass is 19.5. The molecule has 0 aliphatic carbocycles. The van der Waals surface area contributed by atoms with Crippen LogP contribution in [-0.2, 0) is 11.8 Å². The van der Waals surface area contributed by atoms with Crippen LogP contribution in [0.3, 0.4) is 0 Å². The summed E-state index contributed by atoms with van der Waals surface area (Å²) < 4.78 is 46.1. The normalized spacial score (nSPS) is 13.0. The minimum atomic E-state index is -6.00. The lowest BCUT2D eigenvalue weighted by Gasteiger charge is -2.01. The van der Waals surface area contributed by atoms with E-state index in [1.165, 1.54) is 0 Å². The Morgan fingerprint density at radius 1 is 1.40 bits per heavy atom. The minimum absolute atomic E-state index is 0.139. The van der Waals surface area contributed by atoms with Gasteiger partial charge in [-0.25, -0.2) is 9.55 Å². The van der Waals surface area contributed by atoms with Gasteiger partial charge in [0.1, 0.15) is 12.4 Å². The largest absolute Gasteiger partial charge is 0.673 e. The van der Waals surface area contributed by atoms with Crippen LogP contribution < -0.4 is 4.57 Å². The first-order valence-corrected chi connectivity index (χ1v) is 4.18. The Bertz CT molecular complexity index is 283. The van der Waals surface area contributed by atoms with Crippen molar-refractivity contribution in [1.29, 1.82) is 0 Å². The van der Waals surface area contributed by atoms with Crippen LogP contribution in [-0.4, -0.2) is 19.3 Å². The molecule has 0 saturated heterocycles. The highest BCUT2D eigenvalue weighted by Gasteiger charge is 2.20. The van der Waals surface area contributed by atoms with Crippen molar-refractivity contribution in [2.24, 2.45) is 7.05 Å². The highest BCUT2D eigenvalue weighted by Crippen LogP contribution is 2.07. The van der Waals surface area contributed by atoms with E-state index in [0.717, 1.165) is 5.82 Å². The number of nitrogens with one attached hydrogen (secondary N) is 1. The first-order chi connectivity index (χ1) is 6.75. The Morgan fingerprint density at radius 3 is 2.13 bits per heavy atom. The molecule has 1 atom stereocenters. The maximum absolute atomic E-state index is 9.75. The van der Waals surface area contributed by atoms with E-state index in [1.54, 1.807) is 7.11 Å². The van der Waals surface area contributed by atoms with Gasteiger partial charge in [-0.15, -0.1) is 0 Å². The number of H-pyrrole nitrogens is 1. The third kappa shape index (κ3) is 6.95. The molecule has 0 aliphatic rings. The Kier molecular flexibility index (Phi) is 5.34. The third-order valence-corrected chi connectivity index (χ3v) is 1.65. The molecular weight excluding hydrogens is 215 g/mol. The molecule has 0 aliphatic heterocycles. The quantitative estimate of drug-likeness (QED) is 0.467. The summed E-state index contributed by atoms with van der Waals surface area (Å²) in [5.41, 5.74) is 0. The molecule has 1 rings (SSSR count). The fourth-order valence-corrected chi connectivity index (χ4v) is 0.932. The van der Waals surface area contributed by atoms with E-state index in [-0.39, 0.29) is 6.10 Å². The Morgan fingerprint density at radius 2 is 1.87 bits per heavy atom. The summed E-state index contributed by atoms with van der Waals surface area (Å²) in [7, 11) is -2.31. The van der Waals surface area contributed by atoms with Gasteiger partial charge in [0, 0.05) is 7.11 Å². The van der Waals surface area contributed by atoms with Crippen molar-refractivity contribution in [2.75, 3.05) is 7.11 Å². The zero-order chi connectivity index (χ0) is 12.1. The Hall–Kier alpha value is -1.05. The van der Waals surface area contributed by atoms with Gasteiger partial charge in [0.25, 0.3) is 5.82 Å². The zero-order valence-electron chi connectivity index (χ0n) is 8.68. The summed E-state index contributed by atoms with van der Waals surface area (Å²) in [4.78, 5) is 3.09. The number of hydrogen-bond donors (Lipinski definition) is 1. The van der Waals surface area contributed by atoms with Crippen LogP contribution in [0.15, 0.2) is 12.4 Å². The molecule has 0 bridgehead atoms. The van der Waals surface area contributed by atoms with Crippen LogP contribution in [0.4, 0.5) is 17.3 Å². The summed E-state index contributed by atoms with van der Waals surface area (Å²) in [6.07, 6.45) is 4.00. The molecule has 1 aromatic heterocycles. The number of halogens is 4. The minimum Gasteiger partial charge on any atom is -0.418 e. The smallest absolute Gasteiger partial charge is 0.418 e. The molecule has 3 nitrogen and oxygen atoms in total. The van der Waals surface area contributed by atoms with Crippen molar-refractivity contribution in [2.45, 2.75) is 13.0 Å². The SMILES string of the molecule is COC(C)c1[nH]cc[n+]1C.F[B-](F)(F)F. The number of rotatable bonds is 2. The predicted molar refractivity (Wildman–Crippen MR) is 47.6 cm³/mol. The van der Waals surface area contributed by atoms with Gasteiger partial charge in [0.2, 0.25) is 0 Å². The van der Waals surface area contributed by atoms with Gasteiger partial charge in [-0.3, -0.25) is 0 Å². The summed E-state index contributed by atoms with van der Waals surface area (Å²) in [6.45, 7) is 2.01. The van der Waals surface area contributed by atoms with E-state index in [1.807, 2.05) is 30.9 Å². The van der Waals surface area contributed by atoms with E-state index in [4.69, 9.17) is 4.74 Å². The third-order valence-electron chi connectivity index (χ3n) is 1.65. The lowest BCUT2D eigenvalue weighted by atomic mass is 10.3. The number of aromatic nitrogens is 2. The van der Waals surface area contributed by atoms with Gasteiger partial charge in [-0.1, -0.05) is 0 Å². The Balaban J connectivity index is 0.000000336. The summed E-state index contributed by atoms with van der Waals surface area (Å²) in [5.74, 6) is 1.09. The number of aromatic amines is 1. The van der Waals surface area contributed by atoms with Crippen LogP contribution >= 0.6 is 0 Å². The molecule has 1 N–H and O–H groups in total. The molecule has 8 heteroatoms. The van der Waals surface area contributed by atoms with Crippen LogP contribution in [0.2, 0.25) is 0 Å². The molecule has 1 heterocycles.